The first-order chi connectivity index (χ1) is 16.5. The van der Waals surface area contributed by atoms with E-state index in [4.69, 9.17) is 11.6 Å². The first-order valence-electron chi connectivity index (χ1n) is 11.0. The molecular formula is C25H22ClFN6O. The van der Waals surface area contributed by atoms with Gasteiger partial charge >= 0.3 is 0 Å². The van der Waals surface area contributed by atoms with Crippen LogP contribution in [0.1, 0.15) is 31.4 Å². The fourth-order valence-electron chi connectivity index (χ4n) is 3.72. The van der Waals surface area contributed by atoms with Crippen molar-refractivity contribution in [2.75, 3.05) is 10.7 Å². The van der Waals surface area contributed by atoms with Crippen LogP contribution in [0.15, 0.2) is 61.1 Å². The molecule has 0 spiro atoms. The van der Waals surface area contributed by atoms with E-state index in [0.29, 0.717) is 22.2 Å². The molecule has 1 amide bonds. The van der Waals surface area contributed by atoms with Gasteiger partial charge in [-0.1, -0.05) is 35.9 Å². The Bertz CT molecular complexity index is 1360. The molecule has 9 heteroatoms. The van der Waals surface area contributed by atoms with Crippen molar-refractivity contribution in [1.29, 1.82) is 0 Å². The second-order valence-electron chi connectivity index (χ2n) is 8.28. The van der Waals surface area contributed by atoms with Gasteiger partial charge in [0.15, 0.2) is 0 Å². The van der Waals surface area contributed by atoms with Crippen LogP contribution in [-0.4, -0.2) is 20.9 Å². The molecule has 0 radical (unpaired) electrons. The lowest BCUT2D eigenvalue weighted by atomic mass is 10.0. The minimum absolute atomic E-state index is 0.0452. The molecule has 2 aromatic heterocycles. The number of carbonyl (C=O) groups is 1. The van der Waals surface area contributed by atoms with Crippen LogP contribution >= 0.6 is 11.6 Å². The summed E-state index contributed by atoms with van der Waals surface area (Å²) >= 11 is 6.49. The molecular weight excluding hydrogens is 455 g/mol. The summed E-state index contributed by atoms with van der Waals surface area (Å²) in [5, 5.41) is 4.58. The zero-order chi connectivity index (χ0) is 23.7. The molecule has 1 aliphatic carbocycles. The molecule has 2 aromatic carbocycles. The van der Waals surface area contributed by atoms with Gasteiger partial charge in [-0.15, -0.1) is 0 Å². The molecule has 5 rings (SSSR count). The molecule has 1 saturated carbocycles. The molecule has 172 valence electrons. The second kappa shape index (κ2) is 9.23. The lowest BCUT2D eigenvalue weighted by molar-refractivity contribution is -0.121. The lowest BCUT2D eigenvalue weighted by Gasteiger charge is -2.19. The van der Waals surface area contributed by atoms with E-state index in [1.165, 1.54) is 6.07 Å². The molecule has 3 N–H and O–H groups in total. The number of benzene rings is 2. The standard InChI is InChI=1S/C25H22ClFN6O/c1-14(18-4-2-3-5-21(18)27)31-23-19-10-16(8-9-22(19)28-13-20(23)26)17-11-29-25(30-12-17)33-32-24(34)15-6-7-15/h2-5,8-15H,6-7H2,1H3,(H,28,31)(H,32,34)(H,29,30,33)/t14-/m1/s1. The van der Waals surface area contributed by atoms with Crippen LogP contribution in [0, 0.1) is 11.7 Å². The average Bonchev–Trinajstić information content (AvgIpc) is 3.70. The SMILES string of the molecule is C[C@@H](Nc1c(Cl)cnc2ccc(-c3cnc(NNC(=O)C4CC4)nc3)cc12)c1ccccc1F. The van der Waals surface area contributed by atoms with Crippen LogP contribution in [0.4, 0.5) is 16.0 Å². The molecule has 1 fully saturated rings. The first kappa shape index (κ1) is 22.0. The molecule has 0 unspecified atom stereocenters. The maximum atomic E-state index is 14.3. The van der Waals surface area contributed by atoms with Crippen LogP contribution < -0.4 is 16.2 Å². The number of hydrazine groups is 1. The van der Waals surface area contributed by atoms with Crippen molar-refractivity contribution in [3.8, 4) is 11.1 Å². The van der Waals surface area contributed by atoms with Gasteiger partial charge in [0, 0.05) is 41.0 Å². The third kappa shape index (κ3) is 4.63. The largest absolute Gasteiger partial charge is 0.377 e. The van der Waals surface area contributed by atoms with E-state index in [9.17, 15) is 9.18 Å². The fourth-order valence-corrected chi connectivity index (χ4v) is 3.93. The van der Waals surface area contributed by atoms with Gasteiger partial charge in [0.1, 0.15) is 5.82 Å². The van der Waals surface area contributed by atoms with Crippen molar-refractivity contribution in [1.82, 2.24) is 20.4 Å². The van der Waals surface area contributed by atoms with Gasteiger partial charge in [0.05, 0.1) is 22.3 Å². The topological polar surface area (TPSA) is 91.8 Å². The molecule has 7 nitrogen and oxygen atoms in total. The summed E-state index contributed by atoms with van der Waals surface area (Å²) < 4.78 is 14.3. The Balaban J connectivity index is 1.41. The zero-order valence-electron chi connectivity index (χ0n) is 18.3. The fraction of sp³-hybridized carbons (Fsp3) is 0.200. The number of amides is 1. The summed E-state index contributed by atoms with van der Waals surface area (Å²) in [5.41, 5.74) is 8.98. The number of rotatable bonds is 7. The summed E-state index contributed by atoms with van der Waals surface area (Å²) in [6.07, 6.45) is 6.77. The molecule has 1 aliphatic rings. The van der Waals surface area contributed by atoms with Gasteiger partial charge in [-0.25, -0.2) is 14.4 Å². The number of anilines is 2. The molecule has 0 aliphatic heterocycles. The molecule has 34 heavy (non-hydrogen) atoms. The number of halogens is 2. The van der Waals surface area contributed by atoms with Crippen molar-refractivity contribution >= 4 is 40.0 Å². The van der Waals surface area contributed by atoms with Crippen LogP contribution in [-0.2, 0) is 4.79 Å². The van der Waals surface area contributed by atoms with Crippen molar-refractivity contribution in [3.05, 3.63) is 77.5 Å². The molecule has 2 heterocycles. The van der Waals surface area contributed by atoms with Gasteiger partial charge in [-0.05, 0) is 43.5 Å². The number of fused-ring (bicyclic) bond motifs is 1. The van der Waals surface area contributed by atoms with Crippen LogP contribution in [0.2, 0.25) is 5.02 Å². The summed E-state index contributed by atoms with van der Waals surface area (Å²) in [7, 11) is 0. The summed E-state index contributed by atoms with van der Waals surface area (Å²) in [5.74, 6) is 0.0751. The molecule has 0 bridgehead atoms. The summed E-state index contributed by atoms with van der Waals surface area (Å²) in [4.78, 5) is 24.8. The van der Waals surface area contributed by atoms with E-state index in [2.05, 4.69) is 31.1 Å². The number of aromatic nitrogens is 3. The number of pyridine rings is 1. The molecule has 4 aromatic rings. The Morgan fingerprint density at radius 2 is 1.82 bits per heavy atom. The number of nitrogens with one attached hydrogen (secondary N) is 3. The van der Waals surface area contributed by atoms with Gasteiger partial charge in [-0.3, -0.25) is 20.6 Å². The smallest absolute Gasteiger partial charge is 0.241 e. The maximum absolute atomic E-state index is 14.3. The van der Waals surface area contributed by atoms with Crippen LogP contribution in [0.3, 0.4) is 0 Å². The highest BCUT2D eigenvalue weighted by Crippen LogP contribution is 2.35. The van der Waals surface area contributed by atoms with E-state index in [-0.39, 0.29) is 23.7 Å². The Hall–Kier alpha value is -3.78. The van der Waals surface area contributed by atoms with Gasteiger partial charge in [0.25, 0.3) is 0 Å². The highest BCUT2D eigenvalue weighted by Gasteiger charge is 2.29. The average molecular weight is 477 g/mol. The molecule has 0 saturated heterocycles. The third-order valence-corrected chi connectivity index (χ3v) is 6.07. The van der Waals surface area contributed by atoms with E-state index >= 15 is 0 Å². The summed E-state index contributed by atoms with van der Waals surface area (Å²) in [6.45, 7) is 1.88. The monoisotopic (exact) mass is 476 g/mol. The second-order valence-corrected chi connectivity index (χ2v) is 8.69. The highest BCUT2D eigenvalue weighted by atomic mass is 35.5. The van der Waals surface area contributed by atoms with Gasteiger partial charge in [0.2, 0.25) is 11.9 Å². The van der Waals surface area contributed by atoms with Gasteiger partial charge < -0.3 is 5.32 Å². The number of nitrogens with zero attached hydrogens (tertiary/aromatic N) is 3. The van der Waals surface area contributed by atoms with Crippen molar-refractivity contribution in [2.45, 2.75) is 25.8 Å². The van der Waals surface area contributed by atoms with Gasteiger partial charge in [-0.2, -0.15) is 0 Å². The Labute approximate surface area is 200 Å². The zero-order valence-corrected chi connectivity index (χ0v) is 19.1. The number of carbonyl (C=O) groups excluding carboxylic acids is 1. The highest BCUT2D eigenvalue weighted by molar-refractivity contribution is 6.34. The number of hydrogen-bond acceptors (Lipinski definition) is 6. The normalized spacial score (nSPS) is 14.0. The van der Waals surface area contributed by atoms with Crippen LogP contribution in [0.5, 0.6) is 0 Å². The van der Waals surface area contributed by atoms with Crippen LogP contribution in [0.25, 0.3) is 22.0 Å². The van der Waals surface area contributed by atoms with Crippen molar-refractivity contribution < 1.29 is 9.18 Å². The Morgan fingerprint density at radius 3 is 2.56 bits per heavy atom. The molecule has 1 atom stereocenters. The third-order valence-electron chi connectivity index (χ3n) is 5.79. The van der Waals surface area contributed by atoms with Crippen molar-refractivity contribution in [2.24, 2.45) is 5.92 Å². The predicted octanol–water partition coefficient (Wildman–Crippen LogP) is 5.51. The number of hydrogen-bond donors (Lipinski definition) is 3. The van der Waals surface area contributed by atoms with E-state index < -0.39 is 0 Å². The Morgan fingerprint density at radius 1 is 1.06 bits per heavy atom. The van der Waals surface area contributed by atoms with E-state index in [0.717, 1.165) is 34.9 Å². The predicted molar refractivity (Wildman–Crippen MR) is 131 cm³/mol. The van der Waals surface area contributed by atoms with E-state index in [1.54, 1.807) is 36.8 Å². The minimum Gasteiger partial charge on any atom is -0.377 e. The minimum atomic E-state index is -0.313. The lowest BCUT2D eigenvalue weighted by Crippen LogP contribution is -2.31. The maximum Gasteiger partial charge on any atom is 0.241 e. The first-order valence-corrected chi connectivity index (χ1v) is 11.3. The quantitative estimate of drug-likeness (QED) is 0.305. The Kier molecular flexibility index (Phi) is 5.98. The van der Waals surface area contributed by atoms with Crippen molar-refractivity contribution in [3.63, 3.8) is 0 Å². The summed E-state index contributed by atoms with van der Waals surface area (Å²) in [6, 6.07) is 12.1. The van der Waals surface area contributed by atoms with E-state index in [1.807, 2.05) is 25.1 Å².